The first-order valence-corrected chi connectivity index (χ1v) is 10.2. The van der Waals surface area contributed by atoms with E-state index in [1.165, 1.54) is 11.8 Å². The number of amides is 1. The molecule has 0 spiro atoms. The Morgan fingerprint density at radius 3 is 2.10 bits per heavy atom. The van der Waals surface area contributed by atoms with E-state index in [1.54, 1.807) is 0 Å². The van der Waals surface area contributed by atoms with Crippen LogP contribution in [0.1, 0.15) is 5.56 Å². The number of carboxylic acids is 1. The van der Waals surface area contributed by atoms with Crippen LogP contribution in [0, 0.1) is 0 Å². The van der Waals surface area contributed by atoms with Crippen molar-refractivity contribution < 1.29 is 24.2 Å². The molecular formula is C23H21NO5S. The molecule has 0 aromatic heterocycles. The fourth-order valence-corrected chi connectivity index (χ4v) is 3.40. The summed E-state index contributed by atoms with van der Waals surface area (Å²) < 4.78 is 10.8. The minimum atomic E-state index is -1.12. The molecule has 3 aromatic rings. The zero-order valence-electron chi connectivity index (χ0n) is 16.1. The minimum absolute atomic E-state index is 0.0784. The monoisotopic (exact) mass is 423 g/mol. The molecule has 6 nitrogen and oxygen atoms in total. The van der Waals surface area contributed by atoms with E-state index in [1.807, 2.05) is 84.9 Å². The van der Waals surface area contributed by atoms with Gasteiger partial charge in [0.2, 0.25) is 0 Å². The second kappa shape index (κ2) is 10.9. The normalized spacial score (nSPS) is 11.3. The van der Waals surface area contributed by atoms with Crippen molar-refractivity contribution in [3.05, 3.63) is 90.5 Å². The van der Waals surface area contributed by atoms with E-state index in [-0.39, 0.29) is 12.4 Å². The highest BCUT2D eigenvalue weighted by Gasteiger charge is 2.21. The lowest BCUT2D eigenvalue weighted by Gasteiger charge is -2.14. The van der Waals surface area contributed by atoms with Crippen LogP contribution in [0.25, 0.3) is 0 Å². The molecule has 0 bridgehead atoms. The van der Waals surface area contributed by atoms with Gasteiger partial charge in [-0.1, -0.05) is 48.5 Å². The summed E-state index contributed by atoms with van der Waals surface area (Å²) in [6, 6.07) is 24.8. The highest BCUT2D eigenvalue weighted by Crippen LogP contribution is 2.25. The predicted octanol–water partition coefficient (Wildman–Crippen LogP) is 4.95. The summed E-state index contributed by atoms with van der Waals surface area (Å²) in [6.07, 6.45) is -0.765. The van der Waals surface area contributed by atoms with E-state index < -0.39 is 18.1 Å². The van der Waals surface area contributed by atoms with Crippen molar-refractivity contribution in [2.45, 2.75) is 17.5 Å². The number of para-hydroxylation sites is 1. The molecule has 0 heterocycles. The van der Waals surface area contributed by atoms with Crippen molar-refractivity contribution >= 4 is 23.8 Å². The molecule has 0 aliphatic carbocycles. The zero-order valence-corrected chi connectivity index (χ0v) is 16.9. The largest absolute Gasteiger partial charge is 0.480 e. The molecule has 0 radical (unpaired) electrons. The molecule has 3 rings (SSSR count). The summed E-state index contributed by atoms with van der Waals surface area (Å²) in [6.45, 7) is 0.0784. The number of aliphatic carboxylic acids is 1. The third-order valence-corrected chi connectivity index (χ3v) is 5.13. The maximum absolute atomic E-state index is 11.9. The number of nitrogens with one attached hydrogen (secondary N) is 1. The maximum Gasteiger partial charge on any atom is 0.408 e. The Hall–Kier alpha value is -3.45. The molecule has 1 amide bonds. The number of hydrogen-bond acceptors (Lipinski definition) is 5. The first kappa shape index (κ1) is 21.3. The Labute approximate surface area is 178 Å². The molecule has 7 heteroatoms. The van der Waals surface area contributed by atoms with Crippen molar-refractivity contribution in [2.75, 3.05) is 5.75 Å². The first-order chi connectivity index (χ1) is 14.6. The van der Waals surface area contributed by atoms with Crippen molar-refractivity contribution in [1.82, 2.24) is 5.32 Å². The van der Waals surface area contributed by atoms with Gasteiger partial charge in [0, 0.05) is 10.6 Å². The molecule has 1 atom stereocenters. The van der Waals surface area contributed by atoms with Gasteiger partial charge in [0.1, 0.15) is 24.1 Å². The summed E-state index contributed by atoms with van der Waals surface area (Å²) in [5, 5.41) is 11.8. The van der Waals surface area contributed by atoms with Crippen molar-refractivity contribution in [2.24, 2.45) is 0 Å². The molecule has 0 fully saturated rings. The van der Waals surface area contributed by atoms with E-state index in [0.717, 1.165) is 16.2 Å². The summed E-state index contributed by atoms with van der Waals surface area (Å²) in [4.78, 5) is 24.3. The standard InChI is InChI=1S/C23H21NO5S/c25-22(26)21(24-23(27)28-15-17-7-3-1-4-8-17)16-30-20-13-11-19(12-14-20)29-18-9-5-2-6-10-18/h1-14,21H,15-16H2,(H,24,27)(H,25,26)/t21-/m0/s1. The zero-order chi connectivity index (χ0) is 21.2. The number of carbonyl (C=O) groups excluding carboxylic acids is 1. The summed E-state index contributed by atoms with van der Waals surface area (Å²) in [7, 11) is 0. The summed E-state index contributed by atoms with van der Waals surface area (Å²) in [5.41, 5.74) is 0.826. The van der Waals surface area contributed by atoms with E-state index >= 15 is 0 Å². The van der Waals surface area contributed by atoms with Gasteiger partial charge in [-0.05, 0) is 42.0 Å². The van der Waals surface area contributed by atoms with Gasteiger partial charge in [-0.25, -0.2) is 9.59 Å². The molecule has 154 valence electrons. The minimum Gasteiger partial charge on any atom is -0.480 e. The van der Waals surface area contributed by atoms with Crippen LogP contribution >= 0.6 is 11.8 Å². The smallest absolute Gasteiger partial charge is 0.408 e. The predicted molar refractivity (Wildman–Crippen MR) is 115 cm³/mol. The second-order valence-electron chi connectivity index (χ2n) is 6.29. The number of thioether (sulfide) groups is 1. The number of carbonyl (C=O) groups is 2. The van der Waals surface area contributed by atoms with Crippen LogP contribution in [-0.2, 0) is 16.1 Å². The molecule has 3 aromatic carbocycles. The van der Waals surface area contributed by atoms with Gasteiger partial charge in [0.15, 0.2) is 0 Å². The number of carboxylic acid groups (broad SMARTS) is 1. The fraction of sp³-hybridized carbons (Fsp3) is 0.130. The third kappa shape index (κ3) is 6.86. The lowest BCUT2D eigenvalue weighted by Crippen LogP contribution is -2.42. The summed E-state index contributed by atoms with van der Waals surface area (Å²) >= 11 is 1.32. The molecule has 0 saturated heterocycles. The van der Waals surface area contributed by atoms with Gasteiger partial charge in [0.25, 0.3) is 0 Å². The SMILES string of the molecule is O=C(N[C@@H](CSc1ccc(Oc2ccccc2)cc1)C(=O)O)OCc1ccccc1. The van der Waals surface area contributed by atoms with Gasteiger partial charge < -0.3 is 19.9 Å². The highest BCUT2D eigenvalue weighted by atomic mass is 32.2. The lowest BCUT2D eigenvalue weighted by atomic mass is 10.2. The van der Waals surface area contributed by atoms with Gasteiger partial charge in [-0.2, -0.15) is 0 Å². The van der Waals surface area contributed by atoms with Crippen molar-refractivity contribution in [1.29, 1.82) is 0 Å². The van der Waals surface area contributed by atoms with Crippen LogP contribution in [0.5, 0.6) is 11.5 Å². The Morgan fingerprint density at radius 2 is 1.47 bits per heavy atom. The first-order valence-electron chi connectivity index (χ1n) is 9.26. The molecule has 0 saturated carbocycles. The quantitative estimate of drug-likeness (QED) is 0.474. The average molecular weight is 423 g/mol. The van der Waals surface area contributed by atoms with Gasteiger partial charge >= 0.3 is 12.1 Å². The fourth-order valence-electron chi connectivity index (χ4n) is 2.49. The number of rotatable bonds is 9. The van der Waals surface area contributed by atoms with E-state index in [2.05, 4.69) is 5.32 Å². The van der Waals surface area contributed by atoms with Crippen LogP contribution in [0.2, 0.25) is 0 Å². The van der Waals surface area contributed by atoms with Gasteiger partial charge in [0.05, 0.1) is 0 Å². The van der Waals surface area contributed by atoms with Crippen molar-refractivity contribution in [3.8, 4) is 11.5 Å². The van der Waals surface area contributed by atoms with Gasteiger partial charge in [-0.15, -0.1) is 11.8 Å². The Balaban J connectivity index is 1.48. The van der Waals surface area contributed by atoms with Crippen LogP contribution in [0.3, 0.4) is 0 Å². The molecule has 0 unspecified atom stereocenters. The van der Waals surface area contributed by atoms with Crippen LogP contribution < -0.4 is 10.1 Å². The number of benzene rings is 3. The summed E-state index contributed by atoms with van der Waals surface area (Å²) in [5.74, 6) is 0.461. The van der Waals surface area contributed by atoms with Crippen LogP contribution in [0.15, 0.2) is 89.8 Å². The molecule has 0 aliphatic heterocycles. The van der Waals surface area contributed by atoms with Crippen LogP contribution in [-0.4, -0.2) is 29.0 Å². The molecule has 30 heavy (non-hydrogen) atoms. The Bertz CT molecular complexity index is 948. The van der Waals surface area contributed by atoms with E-state index in [4.69, 9.17) is 9.47 Å². The topological polar surface area (TPSA) is 84.9 Å². The lowest BCUT2D eigenvalue weighted by molar-refractivity contribution is -0.138. The highest BCUT2D eigenvalue weighted by molar-refractivity contribution is 7.99. The maximum atomic E-state index is 11.9. The molecule has 0 aliphatic rings. The number of ether oxygens (including phenoxy) is 2. The van der Waals surface area contributed by atoms with E-state index in [9.17, 15) is 14.7 Å². The molecule has 2 N–H and O–H groups in total. The van der Waals surface area contributed by atoms with Crippen LogP contribution in [0.4, 0.5) is 4.79 Å². The Morgan fingerprint density at radius 1 is 0.867 bits per heavy atom. The van der Waals surface area contributed by atoms with E-state index in [0.29, 0.717) is 5.75 Å². The average Bonchev–Trinajstić information content (AvgIpc) is 2.77. The van der Waals surface area contributed by atoms with Gasteiger partial charge in [-0.3, -0.25) is 0 Å². The van der Waals surface area contributed by atoms with Crippen molar-refractivity contribution in [3.63, 3.8) is 0 Å². The Kier molecular flexibility index (Phi) is 7.74. The number of alkyl carbamates (subject to hydrolysis) is 1. The second-order valence-corrected chi connectivity index (χ2v) is 7.39. The number of hydrogen-bond donors (Lipinski definition) is 2. The third-order valence-electron chi connectivity index (χ3n) is 4.02. The molecular weight excluding hydrogens is 402 g/mol.